The number of rotatable bonds is 0. The van der Waals surface area contributed by atoms with Gasteiger partial charge < -0.3 is 0 Å². The highest BCUT2D eigenvalue weighted by atomic mass is 14.3. The lowest BCUT2D eigenvalue weighted by Crippen LogP contribution is -1.90. The summed E-state index contributed by atoms with van der Waals surface area (Å²) in [6.45, 7) is 0. The molecular weight excluding hydrogens is 220 g/mol. The Morgan fingerprint density at radius 2 is 0.889 bits per heavy atom. The average Bonchev–Trinajstić information content (AvgIpc) is 2.45. The first kappa shape index (κ1) is 10.3. The molecule has 3 rings (SSSR count). The van der Waals surface area contributed by atoms with Crippen molar-refractivity contribution in [3.05, 3.63) is 59.7 Å². The highest BCUT2D eigenvalue weighted by Gasteiger charge is 2.12. The molecule has 0 aliphatic heterocycles. The van der Waals surface area contributed by atoms with Crippen LogP contribution in [0.25, 0.3) is 21.5 Å². The summed E-state index contributed by atoms with van der Waals surface area (Å²) in [6, 6.07) is 19.7. The van der Waals surface area contributed by atoms with E-state index in [2.05, 4.69) is 12.1 Å². The lowest BCUT2D eigenvalue weighted by molar-refractivity contribution is 1.47. The summed E-state index contributed by atoms with van der Waals surface area (Å²) < 4.78 is 0. The average molecular weight is 228 g/mol. The van der Waals surface area contributed by atoms with Crippen molar-refractivity contribution in [2.75, 3.05) is 0 Å². The van der Waals surface area contributed by atoms with Crippen LogP contribution in [0.5, 0.6) is 0 Å². The Labute approximate surface area is 104 Å². The second-order valence-electron chi connectivity index (χ2n) is 4.06. The summed E-state index contributed by atoms with van der Waals surface area (Å²) in [7, 11) is 0. The summed E-state index contributed by atoms with van der Waals surface area (Å²) in [4.78, 5) is 0. The first-order valence-corrected chi connectivity index (χ1v) is 5.60. The predicted molar refractivity (Wildman–Crippen MR) is 70.9 cm³/mol. The van der Waals surface area contributed by atoms with Crippen LogP contribution in [0.15, 0.2) is 48.5 Å². The Balaban J connectivity index is 2.73. The smallest absolute Gasteiger partial charge is 0.101 e. The Kier molecular flexibility index (Phi) is 2.22. The van der Waals surface area contributed by atoms with E-state index in [-0.39, 0.29) is 0 Å². The highest BCUT2D eigenvalue weighted by Crippen LogP contribution is 2.31. The third-order valence-electron chi connectivity index (χ3n) is 3.16. The van der Waals surface area contributed by atoms with Gasteiger partial charge in [0.25, 0.3) is 0 Å². The first-order chi connectivity index (χ1) is 8.86. The van der Waals surface area contributed by atoms with Crippen LogP contribution in [0.2, 0.25) is 0 Å². The lowest BCUT2D eigenvalue weighted by Gasteiger charge is -2.08. The maximum absolute atomic E-state index is 9.31. The number of hydrogen-bond acceptors (Lipinski definition) is 2. The molecule has 0 unspecified atom stereocenters. The molecule has 82 valence electrons. The summed E-state index contributed by atoms with van der Waals surface area (Å²) in [6.07, 6.45) is 0. The number of hydrogen-bond donors (Lipinski definition) is 0. The third kappa shape index (κ3) is 1.27. The van der Waals surface area contributed by atoms with Crippen LogP contribution < -0.4 is 0 Å². The minimum Gasteiger partial charge on any atom is -0.192 e. The predicted octanol–water partition coefficient (Wildman–Crippen LogP) is 3.74. The van der Waals surface area contributed by atoms with Crippen LogP contribution in [0.1, 0.15) is 11.1 Å². The fourth-order valence-electron chi connectivity index (χ4n) is 2.37. The number of benzene rings is 3. The van der Waals surface area contributed by atoms with Gasteiger partial charge in [0.15, 0.2) is 0 Å². The van der Waals surface area contributed by atoms with Gasteiger partial charge in [0.05, 0.1) is 11.1 Å². The molecule has 0 radical (unpaired) electrons. The Hall–Kier alpha value is -2.84. The normalized spacial score (nSPS) is 10.1. The zero-order valence-electron chi connectivity index (χ0n) is 9.51. The molecule has 3 aromatic rings. The van der Waals surface area contributed by atoms with E-state index < -0.39 is 0 Å². The number of nitriles is 2. The number of fused-ring (bicyclic) bond motifs is 3. The van der Waals surface area contributed by atoms with Crippen molar-refractivity contribution in [3.63, 3.8) is 0 Å². The minimum absolute atomic E-state index is 0.465. The fraction of sp³-hybridized carbons (Fsp3) is 0. The molecule has 18 heavy (non-hydrogen) atoms. The SMILES string of the molecule is N#Cc1c(C#N)c2ccccc2c2ccccc12. The topological polar surface area (TPSA) is 47.6 Å². The Bertz CT molecular complexity index is 776. The highest BCUT2D eigenvalue weighted by molar-refractivity contribution is 6.12. The van der Waals surface area contributed by atoms with Crippen molar-refractivity contribution in [3.8, 4) is 12.1 Å². The van der Waals surface area contributed by atoms with Crippen LogP contribution in [-0.4, -0.2) is 0 Å². The van der Waals surface area contributed by atoms with Crippen LogP contribution in [0.3, 0.4) is 0 Å². The minimum atomic E-state index is 0.465. The zero-order valence-corrected chi connectivity index (χ0v) is 9.51. The zero-order chi connectivity index (χ0) is 12.5. The maximum Gasteiger partial charge on any atom is 0.101 e. The molecule has 0 spiro atoms. The summed E-state index contributed by atoms with van der Waals surface area (Å²) in [5.74, 6) is 0. The van der Waals surface area contributed by atoms with E-state index >= 15 is 0 Å². The second kappa shape index (κ2) is 3.87. The van der Waals surface area contributed by atoms with Gasteiger partial charge >= 0.3 is 0 Å². The molecule has 0 bridgehead atoms. The van der Waals surface area contributed by atoms with Gasteiger partial charge in [0, 0.05) is 10.8 Å². The lowest BCUT2D eigenvalue weighted by atomic mass is 9.93. The van der Waals surface area contributed by atoms with Gasteiger partial charge in [-0.2, -0.15) is 10.5 Å². The molecule has 0 saturated heterocycles. The fourth-order valence-corrected chi connectivity index (χ4v) is 2.37. The van der Waals surface area contributed by atoms with E-state index in [4.69, 9.17) is 0 Å². The van der Waals surface area contributed by atoms with Crippen LogP contribution in [-0.2, 0) is 0 Å². The molecule has 0 N–H and O–H groups in total. The summed E-state index contributed by atoms with van der Waals surface area (Å²) in [5, 5.41) is 22.3. The monoisotopic (exact) mass is 228 g/mol. The summed E-state index contributed by atoms with van der Waals surface area (Å²) >= 11 is 0. The first-order valence-electron chi connectivity index (χ1n) is 5.60. The van der Waals surface area contributed by atoms with E-state index in [0.29, 0.717) is 11.1 Å². The Morgan fingerprint density at radius 1 is 0.556 bits per heavy atom. The molecule has 0 atom stereocenters. The molecule has 0 heterocycles. The molecule has 0 saturated carbocycles. The van der Waals surface area contributed by atoms with Gasteiger partial charge in [-0.1, -0.05) is 48.5 Å². The van der Waals surface area contributed by atoms with Gasteiger partial charge in [-0.3, -0.25) is 0 Å². The van der Waals surface area contributed by atoms with E-state index in [0.717, 1.165) is 21.5 Å². The number of nitrogens with zero attached hydrogens (tertiary/aromatic N) is 2. The molecule has 0 aliphatic rings. The standard InChI is InChI=1S/C16H8N2/c17-9-15-13-7-3-1-5-11(13)12-6-2-4-8-14(12)16(15)10-18/h1-8H. The van der Waals surface area contributed by atoms with Gasteiger partial charge in [-0.05, 0) is 10.8 Å². The largest absolute Gasteiger partial charge is 0.192 e. The second-order valence-corrected chi connectivity index (χ2v) is 4.06. The molecular formula is C16H8N2. The molecule has 2 heteroatoms. The Morgan fingerprint density at radius 3 is 1.22 bits per heavy atom. The molecule has 0 fully saturated rings. The van der Waals surface area contributed by atoms with Crippen LogP contribution >= 0.6 is 0 Å². The van der Waals surface area contributed by atoms with Crippen LogP contribution in [0.4, 0.5) is 0 Å². The quantitative estimate of drug-likeness (QED) is 0.550. The third-order valence-corrected chi connectivity index (χ3v) is 3.16. The summed E-state index contributed by atoms with van der Waals surface area (Å²) in [5.41, 5.74) is 0.929. The van der Waals surface area contributed by atoms with Crippen molar-refractivity contribution in [1.82, 2.24) is 0 Å². The van der Waals surface area contributed by atoms with Gasteiger partial charge in [-0.15, -0.1) is 0 Å². The van der Waals surface area contributed by atoms with E-state index in [1.165, 1.54) is 0 Å². The maximum atomic E-state index is 9.31. The molecule has 2 nitrogen and oxygen atoms in total. The van der Waals surface area contributed by atoms with Gasteiger partial charge in [-0.25, -0.2) is 0 Å². The van der Waals surface area contributed by atoms with E-state index in [1.54, 1.807) is 0 Å². The van der Waals surface area contributed by atoms with E-state index in [9.17, 15) is 10.5 Å². The van der Waals surface area contributed by atoms with Gasteiger partial charge in [0.2, 0.25) is 0 Å². The van der Waals surface area contributed by atoms with Crippen molar-refractivity contribution in [2.24, 2.45) is 0 Å². The molecule has 0 aliphatic carbocycles. The molecule has 0 aromatic heterocycles. The van der Waals surface area contributed by atoms with Crippen molar-refractivity contribution in [1.29, 1.82) is 10.5 Å². The molecule has 0 amide bonds. The van der Waals surface area contributed by atoms with Crippen molar-refractivity contribution >= 4 is 21.5 Å². The van der Waals surface area contributed by atoms with Crippen molar-refractivity contribution < 1.29 is 0 Å². The molecule has 3 aromatic carbocycles. The van der Waals surface area contributed by atoms with Crippen LogP contribution in [0, 0.1) is 22.7 Å². The van der Waals surface area contributed by atoms with Gasteiger partial charge in [0.1, 0.15) is 12.1 Å². The van der Waals surface area contributed by atoms with Crippen molar-refractivity contribution in [2.45, 2.75) is 0 Å². The van der Waals surface area contributed by atoms with E-state index in [1.807, 2.05) is 48.5 Å².